The van der Waals surface area contributed by atoms with Gasteiger partial charge in [-0.2, -0.15) is 0 Å². The molecular weight excluding hydrogens is 312 g/mol. The minimum Gasteiger partial charge on any atom is -0.371 e. The Bertz CT molecular complexity index is 554. The van der Waals surface area contributed by atoms with Crippen LogP contribution < -0.4 is 4.90 Å². The summed E-state index contributed by atoms with van der Waals surface area (Å²) in [6, 6.07) is 4.61. The van der Waals surface area contributed by atoms with Crippen molar-refractivity contribution in [1.29, 1.82) is 0 Å². The van der Waals surface area contributed by atoms with Crippen molar-refractivity contribution in [3.63, 3.8) is 0 Å². The molecule has 3 heterocycles. The first-order chi connectivity index (χ1) is 12.1. The highest BCUT2D eigenvalue weighted by molar-refractivity contribution is 5.84. The van der Waals surface area contributed by atoms with Gasteiger partial charge in [-0.3, -0.25) is 14.7 Å². The Hall–Kier alpha value is -1.62. The van der Waals surface area contributed by atoms with Gasteiger partial charge in [-0.25, -0.2) is 0 Å². The molecule has 0 saturated carbocycles. The van der Waals surface area contributed by atoms with Crippen LogP contribution in [-0.2, 0) is 4.79 Å². The molecule has 1 atom stereocenters. The van der Waals surface area contributed by atoms with E-state index in [4.69, 9.17) is 0 Å². The van der Waals surface area contributed by atoms with Gasteiger partial charge in [0.15, 0.2) is 0 Å². The normalized spacial score (nSPS) is 22.4. The van der Waals surface area contributed by atoms with E-state index >= 15 is 0 Å². The summed E-state index contributed by atoms with van der Waals surface area (Å²) < 4.78 is 0. The van der Waals surface area contributed by atoms with Crippen molar-refractivity contribution in [2.45, 2.75) is 51.6 Å². The average molecular weight is 345 g/mol. The number of nitrogens with zero attached hydrogens (tertiary/aromatic N) is 4. The van der Waals surface area contributed by atoms with Crippen molar-refractivity contribution in [3.05, 3.63) is 24.5 Å². The van der Waals surface area contributed by atoms with Gasteiger partial charge in [-0.15, -0.1) is 0 Å². The maximum Gasteiger partial charge on any atom is 0.240 e. The predicted molar refractivity (Wildman–Crippen MR) is 102 cm³/mol. The van der Waals surface area contributed by atoms with E-state index < -0.39 is 0 Å². The Morgan fingerprint density at radius 3 is 2.44 bits per heavy atom. The summed E-state index contributed by atoms with van der Waals surface area (Å²) in [6.45, 7) is 8.41. The number of piperidine rings is 1. The first-order valence-corrected chi connectivity index (χ1v) is 9.72. The average Bonchev–Trinajstić information content (AvgIpc) is 3.03. The molecule has 2 saturated heterocycles. The Kier molecular flexibility index (Phi) is 5.94. The summed E-state index contributed by atoms with van der Waals surface area (Å²) in [4.78, 5) is 23.4. The predicted octanol–water partition coefficient (Wildman–Crippen LogP) is 2.63. The second-order valence-corrected chi connectivity index (χ2v) is 7.83. The number of amides is 1. The Balaban J connectivity index is 1.42. The molecule has 0 spiro atoms. The maximum atomic E-state index is 12.5. The maximum absolute atomic E-state index is 12.5. The van der Waals surface area contributed by atoms with Crippen LogP contribution in [0.15, 0.2) is 24.5 Å². The van der Waals surface area contributed by atoms with Gasteiger partial charge in [0.05, 0.1) is 6.04 Å². The summed E-state index contributed by atoms with van der Waals surface area (Å²) >= 11 is 0. The summed E-state index contributed by atoms with van der Waals surface area (Å²) in [5.74, 6) is 1.10. The number of hydrogen-bond acceptors (Lipinski definition) is 4. The number of carbonyl (C=O) groups is 1. The van der Waals surface area contributed by atoms with Crippen molar-refractivity contribution in [3.8, 4) is 0 Å². The smallest absolute Gasteiger partial charge is 0.240 e. The zero-order valence-electron chi connectivity index (χ0n) is 15.9. The van der Waals surface area contributed by atoms with Gasteiger partial charge in [0.25, 0.3) is 0 Å². The minimum absolute atomic E-state index is 0.0966. The molecule has 0 aromatic carbocycles. The lowest BCUT2D eigenvalue weighted by Gasteiger charge is -2.34. The first-order valence-electron chi connectivity index (χ1n) is 9.72. The van der Waals surface area contributed by atoms with Crippen LogP contribution in [0.4, 0.5) is 5.69 Å². The largest absolute Gasteiger partial charge is 0.371 e. The Morgan fingerprint density at radius 1 is 1.16 bits per heavy atom. The number of anilines is 1. The summed E-state index contributed by atoms with van der Waals surface area (Å²) in [5, 5.41) is 0. The Labute approximate surface area is 152 Å². The quantitative estimate of drug-likeness (QED) is 0.795. The van der Waals surface area contributed by atoms with E-state index in [0.717, 1.165) is 38.5 Å². The number of pyridine rings is 1. The highest BCUT2D eigenvalue weighted by atomic mass is 16.2. The number of aromatic nitrogens is 1. The highest BCUT2D eigenvalue weighted by Crippen LogP contribution is 2.26. The van der Waals surface area contributed by atoms with Gasteiger partial charge >= 0.3 is 0 Å². The molecule has 3 rings (SSSR count). The van der Waals surface area contributed by atoms with Crippen molar-refractivity contribution >= 4 is 11.6 Å². The third-order valence-corrected chi connectivity index (χ3v) is 5.90. The van der Waals surface area contributed by atoms with Crippen LogP contribution in [0.25, 0.3) is 0 Å². The van der Waals surface area contributed by atoms with Gasteiger partial charge in [0.1, 0.15) is 0 Å². The number of likely N-dealkylation sites (N-methyl/N-ethyl adjacent to an activating group) is 1. The number of carbonyl (C=O) groups excluding carboxylic acids is 1. The third kappa shape index (κ3) is 4.32. The van der Waals surface area contributed by atoms with Gasteiger partial charge < -0.3 is 9.80 Å². The molecule has 5 heteroatoms. The van der Waals surface area contributed by atoms with E-state index in [1.165, 1.54) is 24.9 Å². The van der Waals surface area contributed by atoms with E-state index in [2.05, 4.69) is 47.8 Å². The van der Waals surface area contributed by atoms with Crippen LogP contribution in [-0.4, -0.2) is 66.0 Å². The summed E-state index contributed by atoms with van der Waals surface area (Å²) in [7, 11) is 2.12. The molecule has 1 unspecified atom stereocenters. The fourth-order valence-electron chi connectivity index (χ4n) is 4.18. The minimum atomic E-state index is 0.0966. The van der Waals surface area contributed by atoms with E-state index in [0.29, 0.717) is 11.9 Å². The SMILES string of the molecule is CC(C)N1CCC(N(C)CCC2CCN(c3ccncc3)CC2)C1=O. The van der Waals surface area contributed by atoms with Crippen LogP contribution in [0.2, 0.25) is 0 Å². The molecule has 0 aliphatic carbocycles. The van der Waals surface area contributed by atoms with Crippen molar-refractivity contribution < 1.29 is 4.79 Å². The molecular formula is C20H32N4O. The molecule has 25 heavy (non-hydrogen) atoms. The molecule has 0 bridgehead atoms. The van der Waals surface area contributed by atoms with Gasteiger partial charge in [0.2, 0.25) is 5.91 Å². The molecule has 1 aromatic rings. The van der Waals surface area contributed by atoms with Gasteiger partial charge in [-0.05, 0) is 71.2 Å². The fraction of sp³-hybridized carbons (Fsp3) is 0.700. The molecule has 2 aliphatic heterocycles. The van der Waals surface area contributed by atoms with E-state index in [-0.39, 0.29) is 6.04 Å². The molecule has 2 fully saturated rings. The van der Waals surface area contributed by atoms with Crippen LogP contribution in [0.1, 0.15) is 39.5 Å². The van der Waals surface area contributed by atoms with Crippen LogP contribution in [0.5, 0.6) is 0 Å². The van der Waals surface area contributed by atoms with Gasteiger partial charge in [0, 0.05) is 43.8 Å². The van der Waals surface area contributed by atoms with E-state index in [1.54, 1.807) is 0 Å². The van der Waals surface area contributed by atoms with Crippen molar-refractivity contribution in [1.82, 2.24) is 14.8 Å². The second-order valence-electron chi connectivity index (χ2n) is 7.83. The van der Waals surface area contributed by atoms with Crippen LogP contribution in [0, 0.1) is 5.92 Å². The zero-order chi connectivity index (χ0) is 17.8. The van der Waals surface area contributed by atoms with Crippen LogP contribution in [0.3, 0.4) is 0 Å². The third-order valence-electron chi connectivity index (χ3n) is 5.90. The molecule has 1 amide bonds. The first kappa shape index (κ1) is 18.2. The standard InChI is InChI=1S/C20H32N4O/c1-16(2)24-15-9-19(20(24)25)22(3)12-6-17-7-13-23(14-8-17)18-4-10-21-11-5-18/h4-5,10-11,16-17,19H,6-9,12-15H2,1-3H3. The lowest BCUT2D eigenvalue weighted by atomic mass is 9.93. The monoisotopic (exact) mass is 344 g/mol. The summed E-state index contributed by atoms with van der Waals surface area (Å²) in [6.07, 6.45) is 8.41. The molecule has 2 aliphatic rings. The zero-order valence-corrected chi connectivity index (χ0v) is 15.9. The number of hydrogen-bond donors (Lipinski definition) is 0. The van der Waals surface area contributed by atoms with Crippen molar-refractivity contribution in [2.75, 3.05) is 38.1 Å². The van der Waals surface area contributed by atoms with Crippen LogP contribution >= 0.6 is 0 Å². The topological polar surface area (TPSA) is 39.7 Å². The fourth-order valence-corrected chi connectivity index (χ4v) is 4.18. The molecule has 0 N–H and O–H groups in total. The van der Waals surface area contributed by atoms with Crippen molar-refractivity contribution in [2.24, 2.45) is 5.92 Å². The van der Waals surface area contributed by atoms with E-state index in [9.17, 15) is 4.79 Å². The second kappa shape index (κ2) is 8.17. The number of likely N-dealkylation sites (tertiary alicyclic amines) is 1. The Morgan fingerprint density at radius 2 is 1.84 bits per heavy atom. The summed E-state index contributed by atoms with van der Waals surface area (Å²) in [5.41, 5.74) is 1.29. The lowest BCUT2D eigenvalue weighted by molar-refractivity contribution is -0.133. The number of rotatable bonds is 6. The van der Waals surface area contributed by atoms with Gasteiger partial charge in [-0.1, -0.05) is 0 Å². The molecule has 1 aromatic heterocycles. The molecule has 138 valence electrons. The highest BCUT2D eigenvalue weighted by Gasteiger charge is 2.35. The van der Waals surface area contributed by atoms with E-state index in [1.807, 2.05) is 17.3 Å². The lowest BCUT2D eigenvalue weighted by Crippen LogP contribution is -2.42. The molecule has 0 radical (unpaired) electrons. The molecule has 5 nitrogen and oxygen atoms in total.